The van der Waals surface area contributed by atoms with Crippen molar-refractivity contribution in [3.63, 3.8) is 0 Å². The predicted molar refractivity (Wildman–Crippen MR) is 68.1 cm³/mol. The van der Waals surface area contributed by atoms with Crippen molar-refractivity contribution < 1.29 is 8.81 Å². The van der Waals surface area contributed by atoms with Crippen molar-refractivity contribution in [2.75, 3.05) is 0 Å². The van der Waals surface area contributed by atoms with Gasteiger partial charge in [-0.3, -0.25) is 0 Å². The van der Waals surface area contributed by atoms with Crippen LogP contribution >= 0.6 is 15.9 Å². The zero-order valence-corrected chi connectivity index (χ0v) is 11.0. The Morgan fingerprint density at radius 1 is 1.41 bits per heavy atom. The molecule has 0 spiro atoms. The molecule has 90 valence electrons. The first-order valence-electron chi connectivity index (χ1n) is 5.37. The molecule has 0 aliphatic rings. The molecule has 0 aliphatic heterocycles. The Kier molecular flexibility index (Phi) is 3.97. The second-order valence-electron chi connectivity index (χ2n) is 3.85. The van der Waals surface area contributed by atoms with Gasteiger partial charge in [-0.2, -0.15) is 0 Å². The minimum absolute atomic E-state index is 0.127. The number of hydrogen-bond donors (Lipinski definition) is 1. The van der Waals surface area contributed by atoms with Crippen LogP contribution < -0.4 is 5.32 Å². The first-order valence-corrected chi connectivity index (χ1v) is 6.17. The SMILES string of the molecule is C[C@H](NCc1ccc(F)cc1Br)c1ccco1. The summed E-state index contributed by atoms with van der Waals surface area (Å²) in [5, 5.41) is 3.32. The van der Waals surface area contributed by atoms with E-state index in [1.807, 2.05) is 19.1 Å². The minimum atomic E-state index is -0.236. The Hall–Kier alpha value is -1.13. The molecule has 1 aromatic carbocycles. The Balaban J connectivity index is 1.98. The molecule has 0 radical (unpaired) electrons. The van der Waals surface area contributed by atoms with E-state index in [0.29, 0.717) is 6.54 Å². The van der Waals surface area contributed by atoms with Crippen molar-refractivity contribution in [1.82, 2.24) is 5.32 Å². The molecule has 0 amide bonds. The second-order valence-corrected chi connectivity index (χ2v) is 4.71. The maximum atomic E-state index is 12.9. The normalized spacial score (nSPS) is 12.6. The van der Waals surface area contributed by atoms with Crippen molar-refractivity contribution in [3.05, 3.63) is 58.2 Å². The Morgan fingerprint density at radius 3 is 2.88 bits per heavy atom. The first kappa shape index (κ1) is 12.3. The lowest BCUT2D eigenvalue weighted by Gasteiger charge is -2.12. The van der Waals surface area contributed by atoms with Gasteiger partial charge in [0.05, 0.1) is 12.3 Å². The van der Waals surface area contributed by atoms with Crippen LogP contribution in [0.15, 0.2) is 45.5 Å². The van der Waals surface area contributed by atoms with Crippen LogP contribution in [0, 0.1) is 5.82 Å². The van der Waals surface area contributed by atoms with Crippen molar-refractivity contribution >= 4 is 15.9 Å². The average molecular weight is 298 g/mol. The van der Waals surface area contributed by atoms with Crippen LogP contribution in [0.1, 0.15) is 24.3 Å². The van der Waals surface area contributed by atoms with E-state index in [2.05, 4.69) is 21.2 Å². The topological polar surface area (TPSA) is 25.2 Å². The Bertz CT molecular complexity index is 484. The average Bonchev–Trinajstić information content (AvgIpc) is 2.81. The lowest BCUT2D eigenvalue weighted by atomic mass is 10.2. The minimum Gasteiger partial charge on any atom is -0.468 e. The fourth-order valence-corrected chi connectivity index (χ4v) is 2.06. The maximum Gasteiger partial charge on any atom is 0.124 e. The molecule has 2 nitrogen and oxygen atoms in total. The number of hydrogen-bond acceptors (Lipinski definition) is 2. The molecule has 0 saturated carbocycles. The fraction of sp³-hybridized carbons (Fsp3) is 0.231. The van der Waals surface area contributed by atoms with E-state index in [4.69, 9.17) is 4.42 Å². The lowest BCUT2D eigenvalue weighted by molar-refractivity contribution is 0.430. The quantitative estimate of drug-likeness (QED) is 0.922. The number of benzene rings is 1. The van der Waals surface area contributed by atoms with E-state index in [0.717, 1.165) is 15.8 Å². The van der Waals surface area contributed by atoms with E-state index in [9.17, 15) is 4.39 Å². The van der Waals surface area contributed by atoms with Crippen molar-refractivity contribution in [2.24, 2.45) is 0 Å². The summed E-state index contributed by atoms with van der Waals surface area (Å²) < 4.78 is 19.0. The van der Waals surface area contributed by atoms with Crippen LogP contribution in [0.25, 0.3) is 0 Å². The predicted octanol–water partition coefficient (Wildman–Crippen LogP) is 4.03. The van der Waals surface area contributed by atoms with Gasteiger partial charge in [0, 0.05) is 11.0 Å². The Morgan fingerprint density at radius 2 is 2.24 bits per heavy atom. The maximum absolute atomic E-state index is 12.9. The van der Waals surface area contributed by atoms with Crippen molar-refractivity contribution in [1.29, 1.82) is 0 Å². The number of halogens is 2. The summed E-state index contributed by atoms with van der Waals surface area (Å²) in [7, 11) is 0. The molecule has 1 aromatic heterocycles. The molecule has 2 aromatic rings. The number of nitrogens with one attached hydrogen (secondary N) is 1. The summed E-state index contributed by atoms with van der Waals surface area (Å²) in [6, 6.07) is 8.61. The molecular weight excluding hydrogens is 285 g/mol. The van der Waals surface area contributed by atoms with E-state index < -0.39 is 0 Å². The summed E-state index contributed by atoms with van der Waals surface area (Å²) in [6.45, 7) is 2.68. The highest BCUT2D eigenvalue weighted by molar-refractivity contribution is 9.10. The number of furan rings is 1. The summed E-state index contributed by atoms with van der Waals surface area (Å²) >= 11 is 3.34. The summed E-state index contributed by atoms with van der Waals surface area (Å²) in [5.74, 6) is 0.656. The zero-order chi connectivity index (χ0) is 12.3. The third kappa shape index (κ3) is 3.17. The zero-order valence-electron chi connectivity index (χ0n) is 9.41. The van der Waals surface area contributed by atoms with Gasteiger partial charge in [0.25, 0.3) is 0 Å². The molecule has 4 heteroatoms. The van der Waals surface area contributed by atoms with Gasteiger partial charge in [-0.05, 0) is 36.8 Å². The number of rotatable bonds is 4. The van der Waals surface area contributed by atoms with Gasteiger partial charge in [0.2, 0.25) is 0 Å². The van der Waals surface area contributed by atoms with Crippen LogP contribution in [0.2, 0.25) is 0 Å². The second kappa shape index (κ2) is 5.47. The summed E-state index contributed by atoms with van der Waals surface area (Å²) in [6.07, 6.45) is 1.65. The van der Waals surface area contributed by atoms with Gasteiger partial charge in [-0.25, -0.2) is 4.39 Å². The largest absolute Gasteiger partial charge is 0.468 e. The Labute approximate surface area is 108 Å². The molecule has 1 N–H and O–H groups in total. The van der Waals surface area contributed by atoms with Gasteiger partial charge in [-0.15, -0.1) is 0 Å². The van der Waals surface area contributed by atoms with Crippen molar-refractivity contribution in [3.8, 4) is 0 Å². The van der Waals surface area contributed by atoms with Crippen LogP contribution in [0.4, 0.5) is 4.39 Å². The van der Waals surface area contributed by atoms with Crippen LogP contribution in [0.5, 0.6) is 0 Å². The fourth-order valence-electron chi connectivity index (χ4n) is 1.57. The van der Waals surface area contributed by atoms with E-state index >= 15 is 0 Å². The van der Waals surface area contributed by atoms with Crippen LogP contribution in [0.3, 0.4) is 0 Å². The highest BCUT2D eigenvalue weighted by Gasteiger charge is 2.08. The smallest absolute Gasteiger partial charge is 0.124 e. The molecule has 0 unspecified atom stereocenters. The van der Waals surface area contributed by atoms with E-state index in [1.54, 1.807) is 12.3 Å². The highest BCUT2D eigenvalue weighted by atomic mass is 79.9. The van der Waals surface area contributed by atoms with Gasteiger partial charge < -0.3 is 9.73 Å². The summed E-state index contributed by atoms with van der Waals surface area (Å²) in [4.78, 5) is 0. The lowest BCUT2D eigenvalue weighted by Crippen LogP contribution is -2.17. The molecular formula is C13H13BrFNO. The molecule has 2 rings (SSSR count). The van der Waals surface area contributed by atoms with Crippen LogP contribution in [-0.4, -0.2) is 0 Å². The third-order valence-corrected chi connectivity index (χ3v) is 3.32. The molecule has 0 aliphatic carbocycles. The molecule has 0 saturated heterocycles. The van der Waals surface area contributed by atoms with Gasteiger partial charge in [-0.1, -0.05) is 22.0 Å². The molecule has 17 heavy (non-hydrogen) atoms. The molecule has 0 bridgehead atoms. The van der Waals surface area contributed by atoms with Gasteiger partial charge in [0.1, 0.15) is 11.6 Å². The molecule has 0 fully saturated rings. The van der Waals surface area contributed by atoms with Crippen LogP contribution in [-0.2, 0) is 6.54 Å². The summed E-state index contributed by atoms with van der Waals surface area (Å²) in [5.41, 5.74) is 1.02. The molecule has 1 atom stereocenters. The van der Waals surface area contributed by atoms with Crippen molar-refractivity contribution in [2.45, 2.75) is 19.5 Å². The third-order valence-electron chi connectivity index (χ3n) is 2.58. The van der Waals surface area contributed by atoms with Gasteiger partial charge >= 0.3 is 0 Å². The standard InChI is InChI=1S/C13H13BrFNO/c1-9(13-3-2-6-17-13)16-8-10-4-5-11(15)7-12(10)14/h2-7,9,16H,8H2,1H3/t9-/m0/s1. The van der Waals surface area contributed by atoms with E-state index in [1.165, 1.54) is 12.1 Å². The van der Waals surface area contributed by atoms with Gasteiger partial charge in [0.15, 0.2) is 0 Å². The highest BCUT2D eigenvalue weighted by Crippen LogP contribution is 2.19. The molecule has 1 heterocycles. The van der Waals surface area contributed by atoms with E-state index in [-0.39, 0.29) is 11.9 Å². The first-order chi connectivity index (χ1) is 8.16. The monoisotopic (exact) mass is 297 g/mol.